The van der Waals surface area contributed by atoms with Gasteiger partial charge in [0.05, 0.1) is 33.7 Å². The largest absolute Gasteiger partial charge is 0.493 e. The highest BCUT2D eigenvalue weighted by atomic mass is 35.5. The van der Waals surface area contributed by atoms with Crippen LogP contribution in [0.15, 0.2) is 53.5 Å². The maximum Gasteiger partial charge on any atom is 0.318 e. The van der Waals surface area contributed by atoms with Crippen LogP contribution < -0.4 is 9.47 Å². The summed E-state index contributed by atoms with van der Waals surface area (Å²) in [6.07, 6.45) is 1.56. The first kappa shape index (κ1) is 23.0. The van der Waals surface area contributed by atoms with E-state index < -0.39 is 21.2 Å². The van der Waals surface area contributed by atoms with Crippen LogP contribution in [0.5, 0.6) is 17.2 Å². The third kappa shape index (κ3) is 5.13. The van der Waals surface area contributed by atoms with E-state index in [2.05, 4.69) is 4.99 Å². The molecule has 0 aliphatic carbocycles. The number of hydrogen-bond acceptors (Lipinski definition) is 7. The first-order valence-corrected chi connectivity index (χ1v) is 9.73. The molecule has 0 aliphatic rings. The summed E-state index contributed by atoms with van der Waals surface area (Å²) in [5, 5.41) is 22.9. The second kappa shape index (κ2) is 9.63. The lowest BCUT2D eigenvalue weighted by molar-refractivity contribution is -0.394. The molecule has 0 radical (unpaired) electrons. The number of benzene rings is 3. The Hall–Kier alpha value is -3.69. The van der Waals surface area contributed by atoms with Gasteiger partial charge in [-0.05, 0) is 48.4 Å². The Kier molecular flexibility index (Phi) is 6.92. The van der Waals surface area contributed by atoms with Crippen molar-refractivity contribution in [2.75, 3.05) is 7.11 Å². The van der Waals surface area contributed by atoms with E-state index in [1.165, 1.54) is 7.11 Å². The number of halogens is 2. The molecule has 0 spiro atoms. The summed E-state index contributed by atoms with van der Waals surface area (Å²) in [4.78, 5) is 25.2. The van der Waals surface area contributed by atoms with E-state index in [4.69, 9.17) is 32.7 Å². The second-order valence-corrected chi connectivity index (χ2v) is 7.34. The first-order chi connectivity index (χ1) is 15.2. The van der Waals surface area contributed by atoms with Gasteiger partial charge in [-0.15, -0.1) is 0 Å². The highest BCUT2D eigenvalue weighted by Crippen LogP contribution is 2.42. The highest BCUT2D eigenvalue weighted by molar-refractivity contribution is 6.32. The van der Waals surface area contributed by atoms with E-state index in [0.29, 0.717) is 16.3 Å². The zero-order valence-electron chi connectivity index (χ0n) is 16.7. The van der Waals surface area contributed by atoms with Crippen LogP contribution in [0.2, 0.25) is 10.0 Å². The molecule has 0 saturated carbocycles. The Bertz CT molecular complexity index is 1250. The molecule has 32 heavy (non-hydrogen) atoms. The minimum atomic E-state index is -0.781. The van der Waals surface area contributed by atoms with Crippen LogP contribution in [-0.4, -0.2) is 23.2 Å². The molecule has 0 unspecified atom stereocenters. The smallest absolute Gasteiger partial charge is 0.318 e. The number of non-ortho nitro benzene ring substituents is 1. The SMILES string of the molecule is COc1cc(C=Nc2cc(Cl)ccc2C)cc(Cl)c1Oc1ccc([N+](=O)[O-])cc1[N+](=O)[O-]. The Morgan fingerprint density at radius 3 is 2.38 bits per heavy atom. The molecule has 164 valence electrons. The van der Waals surface area contributed by atoms with Crippen LogP contribution in [-0.2, 0) is 0 Å². The lowest BCUT2D eigenvalue weighted by Gasteiger charge is -2.13. The Labute approximate surface area is 192 Å². The summed E-state index contributed by atoms with van der Waals surface area (Å²) in [6.45, 7) is 1.89. The van der Waals surface area contributed by atoms with Gasteiger partial charge in [0.25, 0.3) is 5.69 Å². The number of aliphatic imine (C=N–C) groups is 1. The molecular formula is C21H15Cl2N3O6. The lowest BCUT2D eigenvalue weighted by atomic mass is 10.2. The van der Waals surface area contributed by atoms with Crippen molar-refractivity contribution in [1.82, 2.24) is 0 Å². The van der Waals surface area contributed by atoms with E-state index in [0.717, 1.165) is 23.8 Å². The average molecular weight is 476 g/mol. The molecule has 0 atom stereocenters. The summed E-state index contributed by atoms with van der Waals surface area (Å²) in [5.74, 6) is -0.0200. The topological polar surface area (TPSA) is 117 Å². The van der Waals surface area contributed by atoms with Crippen LogP contribution in [0.1, 0.15) is 11.1 Å². The summed E-state index contributed by atoms with van der Waals surface area (Å²) in [7, 11) is 1.38. The minimum Gasteiger partial charge on any atom is -0.493 e. The number of methoxy groups -OCH3 is 1. The van der Waals surface area contributed by atoms with Crippen molar-refractivity contribution >= 4 is 46.5 Å². The molecule has 3 rings (SSSR count). The van der Waals surface area contributed by atoms with Crippen molar-refractivity contribution in [2.24, 2.45) is 4.99 Å². The number of rotatable bonds is 7. The molecule has 3 aromatic rings. The molecule has 3 aromatic carbocycles. The quantitative estimate of drug-likeness (QED) is 0.214. The number of ether oxygens (including phenoxy) is 2. The van der Waals surface area contributed by atoms with Crippen molar-refractivity contribution in [1.29, 1.82) is 0 Å². The van der Waals surface area contributed by atoms with Gasteiger partial charge in [-0.3, -0.25) is 25.2 Å². The number of nitrogens with zero attached hydrogens (tertiary/aromatic N) is 3. The Morgan fingerprint density at radius 1 is 0.969 bits per heavy atom. The van der Waals surface area contributed by atoms with Gasteiger partial charge in [0.1, 0.15) is 0 Å². The maximum absolute atomic E-state index is 11.4. The summed E-state index contributed by atoms with van der Waals surface area (Å²) in [5.41, 5.74) is 1.16. The highest BCUT2D eigenvalue weighted by Gasteiger charge is 2.23. The molecule has 0 heterocycles. The molecule has 0 bridgehead atoms. The zero-order valence-corrected chi connectivity index (χ0v) is 18.3. The fraction of sp³-hybridized carbons (Fsp3) is 0.0952. The second-order valence-electron chi connectivity index (χ2n) is 6.49. The summed E-state index contributed by atoms with van der Waals surface area (Å²) >= 11 is 12.4. The van der Waals surface area contributed by atoms with Crippen LogP contribution in [0.4, 0.5) is 17.1 Å². The molecule has 0 N–H and O–H groups in total. The van der Waals surface area contributed by atoms with Gasteiger partial charge < -0.3 is 9.47 Å². The van der Waals surface area contributed by atoms with Gasteiger partial charge in [-0.1, -0.05) is 29.3 Å². The van der Waals surface area contributed by atoms with Crippen molar-refractivity contribution < 1.29 is 19.3 Å². The molecule has 0 fully saturated rings. The third-order valence-electron chi connectivity index (χ3n) is 4.34. The number of nitro benzene ring substituents is 2. The minimum absolute atomic E-state index is 0.0159. The standard InChI is InChI=1S/C21H15Cl2N3O6/c1-12-3-4-14(22)9-17(12)24-11-13-7-16(23)21(20(8-13)31-2)32-19-6-5-15(25(27)28)10-18(19)26(29)30/h3-11H,1-2H3. The van der Waals surface area contributed by atoms with E-state index in [-0.39, 0.29) is 22.3 Å². The zero-order chi connectivity index (χ0) is 23.4. The van der Waals surface area contributed by atoms with Gasteiger partial charge in [-0.25, -0.2) is 0 Å². The van der Waals surface area contributed by atoms with Crippen LogP contribution >= 0.6 is 23.2 Å². The van der Waals surface area contributed by atoms with E-state index in [1.54, 1.807) is 30.5 Å². The van der Waals surface area contributed by atoms with E-state index in [9.17, 15) is 20.2 Å². The number of aryl methyl sites for hydroxylation is 1. The fourth-order valence-electron chi connectivity index (χ4n) is 2.74. The van der Waals surface area contributed by atoms with Crippen molar-refractivity contribution in [2.45, 2.75) is 6.92 Å². The molecule has 0 amide bonds. The van der Waals surface area contributed by atoms with Gasteiger partial charge in [-0.2, -0.15) is 0 Å². The van der Waals surface area contributed by atoms with E-state index in [1.807, 2.05) is 13.0 Å². The molecule has 0 aromatic heterocycles. The lowest BCUT2D eigenvalue weighted by Crippen LogP contribution is -1.98. The summed E-state index contributed by atoms with van der Waals surface area (Å²) in [6, 6.07) is 11.5. The molecule has 0 saturated heterocycles. The fourth-order valence-corrected chi connectivity index (χ4v) is 3.16. The van der Waals surface area contributed by atoms with Crippen LogP contribution in [0, 0.1) is 27.2 Å². The molecule has 9 nitrogen and oxygen atoms in total. The normalized spacial score (nSPS) is 10.9. The average Bonchev–Trinajstić information content (AvgIpc) is 2.75. The monoisotopic (exact) mass is 475 g/mol. The summed E-state index contributed by atoms with van der Waals surface area (Å²) < 4.78 is 11.0. The predicted octanol–water partition coefficient (Wildman–Crippen LogP) is 6.67. The number of hydrogen-bond donors (Lipinski definition) is 0. The third-order valence-corrected chi connectivity index (χ3v) is 4.85. The predicted molar refractivity (Wildman–Crippen MR) is 121 cm³/mol. The van der Waals surface area contributed by atoms with Gasteiger partial charge >= 0.3 is 5.69 Å². The van der Waals surface area contributed by atoms with Gasteiger partial charge in [0.15, 0.2) is 11.5 Å². The maximum atomic E-state index is 11.4. The first-order valence-electron chi connectivity index (χ1n) is 8.98. The Balaban J connectivity index is 1.97. The van der Waals surface area contributed by atoms with Gasteiger partial charge in [0.2, 0.25) is 5.75 Å². The molecule has 11 heteroatoms. The van der Waals surface area contributed by atoms with Crippen molar-refractivity contribution in [3.8, 4) is 17.2 Å². The van der Waals surface area contributed by atoms with Crippen molar-refractivity contribution in [3.63, 3.8) is 0 Å². The van der Waals surface area contributed by atoms with Crippen LogP contribution in [0.25, 0.3) is 0 Å². The van der Waals surface area contributed by atoms with Crippen molar-refractivity contribution in [3.05, 3.63) is 89.9 Å². The Morgan fingerprint density at radius 2 is 1.72 bits per heavy atom. The molecule has 0 aliphatic heterocycles. The van der Waals surface area contributed by atoms with Gasteiger partial charge in [0, 0.05) is 17.3 Å². The van der Waals surface area contributed by atoms with E-state index >= 15 is 0 Å². The van der Waals surface area contributed by atoms with Crippen LogP contribution in [0.3, 0.4) is 0 Å². The number of nitro groups is 2. The molecular weight excluding hydrogens is 461 g/mol.